The molecule has 2 heterocycles. The van der Waals surface area contributed by atoms with Gasteiger partial charge in [-0.1, -0.05) is 20.8 Å². The predicted octanol–water partition coefficient (Wildman–Crippen LogP) is 2.70. The zero-order valence-corrected chi connectivity index (χ0v) is 12.0. The van der Waals surface area contributed by atoms with E-state index in [0.29, 0.717) is 0 Å². The second kappa shape index (κ2) is 6.19. The van der Waals surface area contributed by atoms with Gasteiger partial charge in [-0.05, 0) is 63.2 Å². The molecule has 100 valence electrons. The molecule has 0 N–H and O–H groups in total. The quantitative estimate of drug-likeness (QED) is 0.743. The molecule has 2 rings (SSSR count). The van der Waals surface area contributed by atoms with Crippen molar-refractivity contribution in [1.29, 1.82) is 0 Å². The molecule has 2 saturated heterocycles. The molecular formula is C15H30N2. The van der Waals surface area contributed by atoms with Gasteiger partial charge in [-0.3, -0.25) is 0 Å². The molecule has 2 aliphatic rings. The summed E-state index contributed by atoms with van der Waals surface area (Å²) in [6.07, 6.45) is 4.29. The van der Waals surface area contributed by atoms with Crippen molar-refractivity contribution in [1.82, 2.24) is 9.80 Å². The maximum atomic E-state index is 2.72. The second-order valence-electron chi connectivity index (χ2n) is 6.43. The van der Waals surface area contributed by atoms with Crippen LogP contribution in [0.25, 0.3) is 0 Å². The minimum atomic E-state index is 0.888. The van der Waals surface area contributed by atoms with Gasteiger partial charge in [-0.25, -0.2) is 0 Å². The number of likely N-dealkylation sites (tertiary alicyclic amines) is 2. The summed E-state index contributed by atoms with van der Waals surface area (Å²) in [6.45, 7) is 15.1. The van der Waals surface area contributed by atoms with Crippen LogP contribution in [-0.2, 0) is 0 Å². The van der Waals surface area contributed by atoms with Crippen LogP contribution in [0.4, 0.5) is 0 Å². The molecule has 0 unspecified atom stereocenters. The summed E-state index contributed by atoms with van der Waals surface area (Å²) in [4.78, 5) is 5.33. The van der Waals surface area contributed by atoms with Gasteiger partial charge in [0.15, 0.2) is 0 Å². The fourth-order valence-electron chi connectivity index (χ4n) is 3.52. The van der Waals surface area contributed by atoms with Crippen LogP contribution in [0.3, 0.4) is 0 Å². The fraction of sp³-hybridized carbons (Fsp3) is 1.00. The molecule has 0 saturated carbocycles. The Morgan fingerprint density at radius 1 is 1.00 bits per heavy atom. The third kappa shape index (κ3) is 3.69. The number of piperidine rings is 1. The van der Waals surface area contributed by atoms with E-state index < -0.39 is 0 Å². The van der Waals surface area contributed by atoms with Crippen molar-refractivity contribution in [2.45, 2.75) is 40.0 Å². The third-order valence-electron chi connectivity index (χ3n) is 4.91. The van der Waals surface area contributed by atoms with Gasteiger partial charge in [0, 0.05) is 13.1 Å². The highest BCUT2D eigenvalue weighted by Crippen LogP contribution is 2.26. The first kappa shape index (κ1) is 13.4. The lowest BCUT2D eigenvalue weighted by molar-refractivity contribution is 0.139. The highest BCUT2D eigenvalue weighted by molar-refractivity contribution is 4.80. The topological polar surface area (TPSA) is 6.48 Å². The van der Waals surface area contributed by atoms with Crippen molar-refractivity contribution in [3.63, 3.8) is 0 Å². The average Bonchev–Trinajstić information content (AvgIpc) is 2.77. The summed E-state index contributed by atoms with van der Waals surface area (Å²) in [7, 11) is 0. The highest BCUT2D eigenvalue weighted by atomic mass is 15.2. The summed E-state index contributed by atoms with van der Waals surface area (Å²) >= 11 is 0. The number of hydrogen-bond acceptors (Lipinski definition) is 2. The summed E-state index contributed by atoms with van der Waals surface area (Å²) in [5.74, 6) is 2.83. The lowest BCUT2D eigenvalue weighted by Crippen LogP contribution is -2.38. The van der Waals surface area contributed by atoms with Crippen LogP contribution in [0.1, 0.15) is 40.0 Å². The summed E-state index contributed by atoms with van der Waals surface area (Å²) in [6, 6.07) is 0. The first-order chi connectivity index (χ1) is 8.19. The predicted molar refractivity (Wildman–Crippen MR) is 74.2 cm³/mol. The molecule has 1 atom stereocenters. The van der Waals surface area contributed by atoms with E-state index in [4.69, 9.17) is 0 Å². The maximum absolute atomic E-state index is 2.72. The molecule has 0 aromatic rings. The number of rotatable bonds is 4. The van der Waals surface area contributed by atoms with E-state index in [0.717, 1.165) is 17.8 Å². The molecule has 0 aromatic carbocycles. The molecule has 2 aliphatic heterocycles. The van der Waals surface area contributed by atoms with Crippen LogP contribution in [0.15, 0.2) is 0 Å². The SMILES string of the molecule is CCN1CC[C@H](CN2CCC(C(C)C)CC2)C1. The van der Waals surface area contributed by atoms with Crippen molar-refractivity contribution in [3.05, 3.63) is 0 Å². The van der Waals surface area contributed by atoms with E-state index in [-0.39, 0.29) is 0 Å². The largest absolute Gasteiger partial charge is 0.303 e. The molecule has 0 aliphatic carbocycles. The van der Waals surface area contributed by atoms with Gasteiger partial charge in [-0.2, -0.15) is 0 Å². The Hall–Kier alpha value is -0.0800. The smallest absolute Gasteiger partial charge is 0.00224 e. The monoisotopic (exact) mass is 238 g/mol. The van der Waals surface area contributed by atoms with Crippen LogP contribution in [0.5, 0.6) is 0 Å². The van der Waals surface area contributed by atoms with Crippen LogP contribution in [0.2, 0.25) is 0 Å². The third-order valence-corrected chi connectivity index (χ3v) is 4.91. The molecule has 0 spiro atoms. The van der Waals surface area contributed by atoms with Gasteiger partial charge in [-0.15, -0.1) is 0 Å². The Labute approximate surface area is 107 Å². The van der Waals surface area contributed by atoms with Gasteiger partial charge in [0.25, 0.3) is 0 Å². The van der Waals surface area contributed by atoms with E-state index in [1.165, 1.54) is 58.5 Å². The Morgan fingerprint density at radius 3 is 2.18 bits per heavy atom. The van der Waals surface area contributed by atoms with E-state index in [2.05, 4.69) is 30.6 Å². The highest BCUT2D eigenvalue weighted by Gasteiger charge is 2.26. The lowest BCUT2D eigenvalue weighted by Gasteiger charge is -2.35. The Bertz CT molecular complexity index is 219. The normalized spacial score (nSPS) is 29.3. The van der Waals surface area contributed by atoms with Crippen LogP contribution < -0.4 is 0 Å². The van der Waals surface area contributed by atoms with E-state index in [1.807, 2.05) is 0 Å². The Morgan fingerprint density at radius 2 is 1.65 bits per heavy atom. The molecule has 0 aromatic heterocycles. The minimum absolute atomic E-state index is 0.888. The number of hydrogen-bond donors (Lipinski definition) is 0. The van der Waals surface area contributed by atoms with Gasteiger partial charge in [0.2, 0.25) is 0 Å². The van der Waals surface area contributed by atoms with Crippen LogP contribution in [0, 0.1) is 17.8 Å². The van der Waals surface area contributed by atoms with Gasteiger partial charge in [0.05, 0.1) is 0 Å². The summed E-state index contributed by atoms with van der Waals surface area (Å²) in [5.41, 5.74) is 0. The second-order valence-corrected chi connectivity index (χ2v) is 6.43. The maximum Gasteiger partial charge on any atom is 0.00224 e. The molecular weight excluding hydrogens is 208 g/mol. The standard InChI is InChI=1S/C15H30N2/c1-4-16-8-5-14(11-16)12-17-9-6-15(7-10-17)13(2)3/h13-15H,4-12H2,1-3H3/t14-/m0/s1. The first-order valence-electron chi connectivity index (χ1n) is 7.63. The van der Waals surface area contributed by atoms with Gasteiger partial charge in [0.1, 0.15) is 0 Å². The molecule has 0 bridgehead atoms. The van der Waals surface area contributed by atoms with Gasteiger partial charge >= 0.3 is 0 Å². The first-order valence-corrected chi connectivity index (χ1v) is 7.63. The lowest BCUT2D eigenvalue weighted by atomic mass is 9.86. The fourth-order valence-corrected chi connectivity index (χ4v) is 3.52. The average molecular weight is 238 g/mol. The van der Waals surface area contributed by atoms with E-state index in [1.54, 1.807) is 0 Å². The molecule has 2 nitrogen and oxygen atoms in total. The zero-order chi connectivity index (χ0) is 12.3. The van der Waals surface area contributed by atoms with Crippen molar-refractivity contribution in [2.24, 2.45) is 17.8 Å². The Balaban J connectivity index is 1.68. The molecule has 0 amide bonds. The van der Waals surface area contributed by atoms with Gasteiger partial charge < -0.3 is 9.80 Å². The molecule has 2 fully saturated rings. The van der Waals surface area contributed by atoms with Crippen LogP contribution in [-0.4, -0.2) is 49.1 Å². The summed E-state index contributed by atoms with van der Waals surface area (Å²) in [5, 5.41) is 0. The molecule has 2 heteroatoms. The summed E-state index contributed by atoms with van der Waals surface area (Å²) < 4.78 is 0. The molecule has 0 radical (unpaired) electrons. The van der Waals surface area contributed by atoms with E-state index in [9.17, 15) is 0 Å². The van der Waals surface area contributed by atoms with Crippen molar-refractivity contribution in [3.8, 4) is 0 Å². The molecule has 17 heavy (non-hydrogen) atoms. The van der Waals surface area contributed by atoms with E-state index >= 15 is 0 Å². The zero-order valence-electron chi connectivity index (χ0n) is 12.0. The van der Waals surface area contributed by atoms with Crippen LogP contribution >= 0.6 is 0 Å². The Kier molecular flexibility index (Phi) is 4.87. The van der Waals surface area contributed by atoms with Crippen molar-refractivity contribution in [2.75, 3.05) is 39.3 Å². The van der Waals surface area contributed by atoms with Crippen molar-refractivity contribution >= 4 is 0 Å². The minimum Gasteiger partial charge on any atom is -0.303 e. The number of nitrogens with zero attached hydrogens (tertiary/aromatic N) is 2. The van der Waals surface area contributed by atoms with Crippen molar-refractivity contribution < 1.29 is 0 Å².